The molecule has 0 atom stereocenters. The predicted molar refractivity (Wildman–Crippen MR) is 92.6 cm³/mol. The van der Waals surface area contributed by atoms with E-state index in [0.29, 0.717) is 35.2 Å². The first-order chi connectivity index (χ1) is 10.6. The summed E-state index contributed by atoms with van der Waals surface area (Å²) in [5.74, 6) is -0.0149. The van der Waals surface area contributed by atoms with Crippen LogP contribution in [0.1, 0.15) is 17.5 Å². The third kappa shape index (κ3) is 4.65. The van der Waals surface area contributed by atoms with Gasteiger partial charge in [-0.2, -0.15) is 0 Å². The van der Waals surface area contributed by atoms with Crippen molar-refractivity contribution < 1.29 is 4.79 Å². The molecule has 1 amide bonds. The summed E-state index contributed by atoms with van der Waals surface area (Å²) < 4.78 is 0. The monoisotopic (exact) mass is 336 g/mol. The second-order valence-electron chi connectivity index (χ2n) is 4.98. The maximum atomic E-state index is 11.9. The molecule has 116 valence electrons. The van der Waals surface area contributed by atoms with Crippen LogP contribution < -0.4 is 10.6 Å². The van der Waals surface area contributed by atoms with Gasteiger partial charge in [-0.05, 0) is 30.2 Å². The number of halogens is 2. The van der Waals surface area contributed by atoms with E-state index in [4.69, 9.17) is 23.2 Å². The molecule has 2 aromatic rings. The van der Waals surface area contributed by atoms with Gasteiger partial charge in [-0.25, -0.2) is 0 Å². The Bertz CT molecular complexity index is 639. The minimum absolute atomic E-state index is 0.0149. The van der Waals surface area contributed by atoms with Crippen LogP contribution in [0.5, 0.6) is 0 Å². The molecule has 0 aliphatic rings. The van der Waals surface area contributed by atoms with E-state index in [-0.39, 0.29) is 5.91 Å². The first kappa shape index (κ1) is 16.7. The normalized spacial score (nSPS) is 10.3. The molecular weight excluding hydrogens is 319 g/mol. The second-order valence-corrected chi connectivity index (χ2v) is 5.79. The number of hydrogen-bond acceptors (Lipinski definition) is 2. The van der Waals surface area contributed by atoms with Gasteiger partial charge >= 0.3 is 0 Å². The number of rotatable bonds is 6. The predicted octanol–water partition coefficient (Wildman–Crippen LogP) is 4.42. The lowest BCUT2D eigenvalue weighted by Gasteiger charge is -2.11. The average molecular weight is 337 g/mol. The van der Waals surface area contributed by atoms with Crippen LogP contribution in [0, 0.1) is 6.92 Å². The highest BCUT2D eigenvalue weighted by Gasteiger charge is 2.06. The molecule has 0 bridgehead atoms. The maximum absolute atomic E-state index is 11.9. The lowest BCUT2D eigenvalue weighted by atomic mass is 10.1. The van der Waals surface area contributed by atoms with E-state index < -0.39 is 0 Å². The Morgan fingerprint density at radius 2 is 1.73 bits per heavy atom. The molecular formula is C17H18Cl2N2O. The van der Waals surface area contributed by atoms with Crippen LogP contribution in [0.25, 0.3) is 0 Å². The van der Waals surface area contributed by atoms with Crippen LogP contribution >= 0.6 is 23.2 Å². The van der Waals surface area contributed by atoms with E-state index in [1.54, 1.807) is 18.2 Å². The summed E-state index contributed by atoms with van der Waals surface area (Å²) in [5.41, 5.74) is 2.96. The fraction of sp³-hybridized carbons (Fsp3) is 0.235. The van der Waals surface area contributed by atoms with Crippen LogP contribution in [-0.2, 0) is 11.3 Å². The summed E-state index contributed by atoms with van der Waals surface area (Å²) in [6, 6.07) is 13.3. The highest BCUT2D eigenvalue weighted by atomic mass is 35.5. The van der Waals surface area contributed by atoms with Crippen molar-refractivity contribution in [3.8, 4) is 0 Å². The molecule has 0 aliphatic heterocycles. The lowest BCUT2D eigenvalue weighted by Crippen LogP contribution is -2.25. The Kier molecular flexibility index (Phi) is 6.10. The zero-order valence-electron chi connectivity index (χ0n) is 12.3. The van der Waals surface area contributed by atoms with Crippen LogP contribution in [0.15, 0.2) is 42.5 Å². The fourth-order valence-electron chi connectivity index (χ4n) is 2.06. The minimum atomic E-state index is -0.0149. The van der Waals surface area contributed by atoms with Gasteiger partial charge < -0.3 is 10.6 Å². The number of carbonyl (C=O) groups excluding carboxylic acids is 1. The molecule has 0 aromatic heterocycles. The van der Waals surface area contributed by atoms with Crippen molar-refractivity contribution in [2.24, 2.45) is 0 Å². The van der Waals surface area contributed by atoms with E-state index in [1.165, 1.54) is 5.56 Å². The second kappa shape index (κ2) is 8.06. The van der Waals surface area contributed by atoms with Gasteiger partial charge in [0.1, 0.15) is 0 Å². The van der Waals surface area contributed by atoms with Crippen LogP contribution in [0.2, 0.25) is 10.0 Å². The van der Waals surface area contributed by atoms with Crippen molar-refractivity contribution in [1.29, 1.82) is 0 Å². The largest absolute Gasteiger partial charge is 0.382 e. The highest BCUT2D eigenvalue weighted by Crippen LogP contribution is 2.29. The molecule has 0 fully saturated rings. The topological polar surface area (TPSA) is 41.1 Å². The summed E-state index contributed by atoms with van der Waals surface area (Å²) in [4.78, 5) is 11.9. The van der Waals surface area contributed by atoms with Gasteiger partial charge in [-0.15, -0.1) is 0 Å². The SMILES string of the molecule is Cc1ccccc1CNC(=O)CCNc1c(Cl)cccc1Cl. The zero-order valence-corrected chi connectivity index (χ0v) is 13.8. The number of anilines is 1. The molecule has 0 aliphatic carbocycles. The summed E-state index contributed by atoms with van der Waals surface area (Å²) >= 11 is 12.1. The van der Waals surface area contributed by atoms with E-state index in [2.05, 4.69) is 10.6 Å². The maximum Gasteiger partial charge on any atom is 0.222 e. The van der Waals surface area contributed by atoms with E-state index >= 15 is 0 Å². The van der Waals surface area contributed by atoms with Gasteiger partial charge in [-0.1, -0.05) is 53.5 Å². The number of para-hydroxylation sites is 1. The summed E-state index contributed by atoms with van der Waals surface area (Å²) in [7, 11) is 0. The fourth-order valence-corrected chi connectivity index (χ4v) is 2.59. The molecule has 0 unspecified atom stereocenters. The molecule has 0 heterocycles. The van der Waals surface area contributed by atoms with Crippen LogP contribution in [0.4, 0.5) is 5.69 Å². The summed E-state index contributed by atoms with van der Waals surface area (Å²) in [6.07, 6.45) is 0.355. The molecule has 0 saturated carbocycles. The van der Waals surface area contributed by atoms with Crippen molar-refractivity contribution in [2.45, 2.75) is 19.9 Å². The molecule has 0 saturated heterocycles. The number of carbonyl (C=O) groups is 1. The smallest absolute Gasteiger partial charge is 0.222 e. The van der Waals surface area contributed by atoms with Crippen molar-refractivity contribution in [1.82, 2.24) is 5.32 Å². The standard InChI is InChI=1S/C17H18Cl2N2O/c1-12-5-2-3-6-13(12)11-21-16(22)9-10-20-17-14(18)7-4-8-15(17)19/h2-8,20H,9-11H2,1H3,(H,21,22). The third-order valence-corrected chi connectivity index (χ3v) is 3.98. The van der Waals surface area contributed by atoms with Gasteiger partial charge in [0, 0.05) is 19.5 Å². The van der Waals surface area contributed by atoms with Crippen molar-refractivity contribution in [2.75, 3.05) is 11.9 Å². The minimum Gasteiger partial charge on any atom is -0.382 e. The Morgan fingerprint density at radius 3 is 2.41 bits per heavy atom. The van der Waals surface area contributed by atoms with Crippen LogP contribution in [-0.4, -0.2) is 12.5 Å². The van der Waals surface area contributed by atoms with Gasteiger partial charge in [-0.3, -0.25) is 4.79 Å². The van der Waals surface area contributed by atoms with E-state index in [0.717, 1.165) is 5.56 Å². The Hall–Kier alpha value is -1.71. The molecule has 0 radical (unpaired) electrons. The summed E-state index contributed by atoms with van der Waals surface area (Å²) in [5, 5.41) is 7.11. The zero-order chi connectivity index (χ0) is 15.9. The highest BCUT2D eigenvalue weighted by molar-refractivity contribution is 6.39. The molecule has 2 aromatic carbocycles. The molecule has 2 rings (SSSR count). The molecule has 22 heavy (non-hydrogen) atoms. The number of aryl methyl sites for hydroxylation is 1. The van der Waals surface area contributed by atoms with Gasteiger partial charge in [0.2, 0.25) is 5.91 Å². The molecule has 2 N–H and O–H groups in total. The molecule has 3 nitrogen and oxygen atoms in total. The first-order valence-electron chi connectivity index (χ1n) is 7.07. The Balaban J connectivity index is 1.78. The van der Waals surface area contributed by atoms with Crippen LogP contribution in [0.3, 0.4) is 0 Å². The van der Waals surface area contributed by atoms with Gasteiger partial charge in [0.25, 0.3) is 0 Å². The van der Waals surface area contributed by atoms with E-state index in [1.807, 2.05) is 31.2 Å². The quantitative estimate of drug-likeness (QED) is 0.819. The number of hydrogen-bond donors (Lipinski definition) is 2. The Labute approximate surface area is 140 Å². The van der Waals surface area contributed by atoms with Crippen molar-refractivity contribution in [3.05, 3.63) is 63.6 Å². The lowest BCUT2D eigenvalue weighted by molar-refractivity contribution is -0.121. The number of amides is 1. The van der Waals surface area contributed by atoms with Gasteiger partial charge in [0.15, 0.2) is 0 Å². The van der Waals surface area contributed by atoms with Gasteiger partial charge in [0.05, 0.1) is 15.7 Å². The first-order valence-corrected chi connectivity index (χ1v) is 7.82. The number of benzene rings is 2. The molecule has 5 heteroatoms. The molecule has 0 spiro atoms. The number of nitrogens with one attached hydrogen (secondary N) is 2. The third-order valence-electron chi connectivity index (χ3n) is 3.35. The Morgan fingerprint density at radius 1 is 1.05 bits per heavy atom. The van der Waals surface area contributed by atoms with E-state index in [9.17, 15) is 4.79 Å². The van der Waals surface area contributed by atoms with Crippen molar-refractivity contribution in [3.63, 3.8) is 0 Å². The summed E-state index contributed by atoms with van der Waals surface area (Å²) in [6.45, 7) is 3.05. The van der Waals surface area contributed by atoms with Crippen molar-refractivity contribution >= 4 is 34.8 Å². The average Bonchev–Trinajstić information content (AvgIpc) is 2.49.